The molecular weight excluding hydrogens is 352 g/mol. The number of ketones is 1. The Hall–Kier alpha value is -2.41. The van der Waals surface area contributed by atoms with Crippen molar-refractivity contribution in [2.45, 2.75) is 38.7 Å². The summed E-state index contributed by atoms with van der Waals surface area (Å²) in [6.07, 6.45) is -0.333. The van der Waals surface area contributed by atoms with E-state index in [0.29, 0.717) is 11.3 Å². The maximum Gasteiger partial charge on any atom is 0.317 e. The van der Waals surface area contributed by atoms with Gasteiger partial charge in [-0.2, -0.15) is 0 Å². The third-order valence-corrected chi connectivity index (χ3v) is 4.83. The van der Waals surface area contributed by atoms with E-state index in [2.05, 4.69) is 0 Å². The Labute approximate surface area is 158 Å². The molecule has 1 N–H and O–H groups in total. The van der Waals surface area contributed by atoms with Crippen molar-refractivity contribution in [2.24, 2.45) is 11.8 Å². The van der Waals surface area contributed by atoms with E-state index < -0.39 is 41.1 Å². The summed E-state index contributed by atoms with van der Waals surface area (Å²) >= 11 is 0. The van der Waals surface area contributed by atoms with Crippen LogP contribution in [0.15, 0.2) is 24.3 Å². The molecule has 1 aliphatic rings. The van der Waals surface area contributed by atoms with Crippen molar-refractivity contribution >= 4 is 17.7 Å². The molecule has 1 aromatic rings. The van der Waals surface area contributed by atoms with Crippen molar-refractivity contribution in [3.63, 3.8) is 0 Å². The Morgan fingerprint density at radius 2 is 1.81 bits per heavy atom. The maximum absolute atomic E-state index is 12.7. The number of hydrogen-bond acceptors (Lipinski definition) is 7. The van der Waals surface area contributed by atoms with Crippen LogP contribution < -0.4 is 4.74 Å². The first-order chi connectivity index (χ1) is 12.8. The first-order valence-corrected chi connectivity index (χ1v) is 8.99. The summed E-state index contributed by atoms with van der Waals surface area (Å²) in [5, 5.41) is 10.9. The molecule has 7 heteroatoms. The molecule has 148 valence electrons. The number of Topliss-reactive ketones (excluding diaryl/α,β-unsaturated/α-hetero) is 1. The molecule has 0 radical (unpaired) electrons. The van der Waals surface area contributed by atoms with Gasteiger partial charge in [-0.3, -0.25) is 14.4 Å². The van der Waals surface area contributed by atoms with E-state index in [1.807, 2.05) is 0 Å². The molecule has 0 amide bonds. The molecule has 7 nitrogen and oxygen atoms in total. The van der Waals surface area contributed by atoms with Gasteiger partial charge in [0.05, 0.1) is 31.8 Å². The van der Waals surface area contributed by atoms with Crippen LogP contribution in [-0.2, 0) is 23.9 Å². The third-order valence-electron chi connectivity index (χ3n) is 4.83. The largest absolute Gasteiger partial charge is 0.497 e. The van der Waals surface area contributed by atoms with Gasteiger partial charge in [-0.25, -0.2) is 0 Å². The standard InChI is InChI=1S/C20H26O7/c1-5-26-18(22)16-14(21)11-20(3,24)17(19(23)27-6-2)15(16)12-8-7-9-13(10-12)25-4/h7-10,15-17,24H,5-6,11H2,1-4H3/t15-,16-,17-,20+/m1/s1. The van der Waals surface area contributed by atoms with Crippen molar-refractivity contribution in [1.29, 1.82) is 0 Å². The molecule has 0 aliphatic heterocycles. The minimum absolute atomic E-state index is 0.105. The molecule has 0 saturated heterocycles. The third kappa shape index (κ3) is 4.30. The Morgan fingerprint density at radius 1 is 1.19 bits per heavy atom. The van der Waals surface area contributed by atoms with Gasteiger partial charge in [0.25, 0.3) is 0 Å². The van der Waals surface area contributed by atoms with Gasteiger partial charge in [0.15, 0.2) is 5.78 Å². The number of benzene rings is 1. The highest BCUT2D eigenvalue weighted by atomic mass is 16.5. The number of rotatable bonds is 6. The van der Waals surface area contributed by atoms with Gasteiger partial charge in [0, 0.05) is 12.3 Å². The lowest BCUT2D eigenvalue weighted by atomic mass is 9.61. The highest BCUT2D eigenvalue weighted by Gasteiger charge is 2.57. The smallest absolute Gasteiger partial charge is 0.317 e. The fourth-order valence-electron chi connectivity index (χ4n) is 3.73. The number of hydrogen-bond donors (Lipinski definition) is 1. The van der Waals surface area contributed by atoms with Crippen LogP contribution in [0.2, 0.25) is 0 Å². The maximum atomic E-state index is 12.7. The summed E-state index contributed by atoms with van der Waals surface area (Å²) in [5.74, 6) is -4.54. The van der Waals surface area contributed by atoms with Gasteiger partial charge in [-0.05, 0) is 38.5 Å². The van der Waals surface area contributed by atoms with Crippen LogP contribution in [0.5, 0.6) is 5.75 Å². The molecule has 1 aliphatic carbocycles. The number of carbonyl (C=O) groups is 3. The van der Waals surface area contributed by atoms with Crippen molar-refractivity contribution < 1.29 is 33.7 Å². The second-order valence-electron chi connectivity index (χ2n) is 6.76. The van der Waals surface area contributed by atoms with Crippen LogP contribution >= 0.6 is 0 Å². The number of methoxy groups -OCH3 is 1. The summed E-state index contributed by atoms with van der Waals surface area (Å²) in [5.41, 5.74) is -1.13. The van der Waals surface area contributed by atoms with Gasteiger partial charge in [0.2, 0.25) is 0 Å². The summed E-state index contributed by atoms with van der Waals surface area (Å²) in [4.78, 5) is 38.0. The van der Waals surface area contributed by atoms with Crippen LogP contribution in [0.25, 0.3) is 0 Å². The van der Waals surface area contributed by atoms with Crippen molar-refractivity contribution in [2.75, 3.05) is 20.3 Å². The molecule has 0 unspecified atom stereocenters. The Morgan fingerprint density at radius 3 is 2.41 bits per heavy atom. The lowest BCUT2D eigenvalue weighted by molar-refractivity contribution is -0.172. The number of carbonyl (C=O) groups excluding carboxylic acids is 3. The molecule has 2 rings (SSSR count). The average Bonchev–Trinajstić information content (AvgIpc) is 2.60. The van der Waals surface area contributed by atoms with E-state index in [9.17, 15) is 19.5 Å². The Bertz CT molecular complexity index is 710. The van der Waals surface area contributed by atoms with E-state index in [1.165, 1.54) is 14.0 Å². The van der Waals surface area contributed by atoms with Gasteiger partial charge in [0.1, 0.15) is 11.7 Å². The van der Waals surface area contributed by atoms with Crippen LogP contribution in [-0.4, -0.2) is 48.8 Å². The zero-order chi connectivity index (χ0) is 20.2. The SMILES string of the molecule is CCOC(=O)[C@@H]1C(=O)C[C@](C)(O)[C@@H](C(=O)OCC)[C@@H]1c1cccc(OC)c1. The number of ether oxygens (including phenoxy) is 3. The monoisotopic (exact) mass is 378 g/mol. The predicted molar refractivity (Wildman–Crippen MR) is 96.2 cm³/mol. The lowest BCUT2D eigenvalue weighted by Gasteiger charge is -2.43. The topological polar surface area (TPSA) is 99.1 Å². The highest BCUT2D eigenvalue weighted by Crippen LogP contribution is 2.47. The molecule has 1 fully saturated rings. The summed E-state index contributed by atoms with van der Waals surface area (Å²) in [7, 11) is 1.49. The van der Waals surface area contributed by atoms with E-state index in [4.69, 9.17) is 14.2 Å². The predicted octanol–water partition coefficient (Wildman–Crippen LogP) is 1.86. The van der Waals surface area contributed by atoms with Crippen LogP contribution in [0, 0.1) is 11.8 Å². The molecule has 1 aromatic carbocycles. The van der Waals surface area contributed by atoms with E-state index in [0.717, 1.165) is 0 Å². The number of aliphatic hydroxyl groups is 1. The summed E-state index contributed by atoms with van der Waals surface area (Å²) in [6.45, 7) is 4.94. The van der Waals surface area contributed by atoms with Crippen LogP contribution in [0.1, 0.15) is 38.7 Å². The van der Waals surface area contributed by atoms with E-state index >= 15 is 0 Å². The lowest BCUT2D eigenvalue weighted by Crippen LogP contribution is -2.55. The van der Waals surface area contributed by atoms with Gasteiger partial charge >= 0.3 is 11.9 Å². The first kappa shape index (κ1) is 20.9. The second-order valence-corrected chi connectivity index (χ2v) is 6.76. The molecule has 0 bridgehead atoms. The molecule has 0 spiro atoms. The average molecular weight is 378 g/mol. The van der Waals surface area contributed by atoms with Crippen LogP contribution in [0.4, 0.5) is 0 Å². The Kier molecular flexibility index (Phi) is 6.59. The van der Waals surface area contributed by atoms with Gasteiger partial charge < -0.3 is 19.3 Å². The van der Waals surface area contributed by atoms with Crippen LogP contribution in [0.3, 0.4) is 0 Å². The zero-order valence-electron chi connectivity index (χ0n) is 16.1. The fourth-order valence-corrected chi connectivity index (χ4v) is 3.73. The quantitative estimate of drug-likeness (QED) is 0.596. The van der Waals surface area contributed by atoms with E-state index in [-0.39, 0.29) is 19.6 Å². The fraction of sp³-hybridized carbons (Fsp3) is 0.550. The van der Waals surface area contributed by atoms with Gasteiger partial charge in [-0.15, -0.1) is 0 Å². The highest BCUT2D eigenvalue weighted by molar-refractivity contribution is 6.02. The minimum Gasteiger partial charge on any atom is -0.497 e. The second kappa shape index (κ2) is 8.52. The van der Waals surface area contributed by atoms with Crippen molar-refractivity contribution in [3.05, 3.63) is 29.8 Å². The number of esters is 2. The van der Waals surface area contributed by atoms with Crippen molar-refractivity contribution in [1.82, 2.24) is 0 Å². The molecule has 0 heterocycles. The summed E-state index contributed by atoms with van der Waals surface area (Å²) in [6, 6.07) is 6.76. The molecule has 27 heavy (non-hydrogen) atoms. The molecule has 4 atom stereocenters. The normalized spacial score (nSPS) is 27.7. The minimum atomic E-state index is -1.65. The molecule has 1 saturated carbocycles. The van der Waals surface area contributed by atoms with E-state index in [1.54, 1.807) is 38.1 Å². The molecular formula is C20H26O7. The first-order valence-electron chi connectivity index (χ1n) is 8.99. The molecule has 0 aromatic heterocycles. The van der Waals surface area contributed by atoms with Gasteiger partial charge in [-0.1, -0.05) is 12.1 Å². The summed E-state index contributed by atoms with van der Waals surface area (Å²) < 4.78 is 15.5. The van der Waals surface area contributed by atoms with Crippen molar-refractivity contribution in [3.8, 4) is 5.75 Å². The zero-order valence-corrected chi connectivity index (χ0v) is 16.1. The Balaban J connectivity index is 2.63.